The third kappa shape index (κ3) is 3.65. The molecule has 1 amide bonds. The summed E-state index contributed by atoms with van der Waals surface area (Å²) in [5.41, 5.74) is 0.641. The van der Waals surface area contributed by atoms with Crippen LogP contribution in [0.3, 0.4) is 0 Å². The van der Waals surface area contributed by atoms with E-state index in [1.165, 1.54) is 4.88 Å². The molecule has 0 fully saturated rings. The molecule has 0 atom stereocenters. The minimum absolute atomic E-state index is 0.0194. The Morgan fingerprint density at radius 3 is 2.70 bits per heavy atom. The van der Waals surface area contributed by atoms with Gasteiger partial charge in [0.25, 0.3) is 5.91 Å². The highest BCUT2D eigenvalue weighted by Crippen LogP contribution is 2.23. The Morgan fingerprint density at radius 1 is 1.40 bits per heavy atom. The highest BCUT2D eigenvalue weighted by molar-refractivity contribution is 9.10. The molecule has 2 rings (SSSR count). The maximum atomic E-state index is 12.7. The summed E-state index contributed by atoms with van der Waals surface area (Å²) in [7, 11) is 0. The second kappa shape index (κ2) is 6.78. The summed E-state index contributed by atoms with van der Waals surface area (Å²) < 4.78 is 0.924. The Balaban J connectivity index is 2.27. The van der Waals surface area contributed by atoms with Gasteiger partial charge in [-0.3, -0.25) is 4.79 Å². The molecule has 0 N–H and O–H groups in total. The number of rotatable bonds is 4. The van der Waals surface area contributed by atoms with Crippen LogP contribution in [0.1, 0.15) is 29.1 Å². The maximum absolute atomic E-state index is 12.7. The first-order valence-electron chi connectivity index (χ1n) is 6.31. The summed E-state index contributed by atoms with van der Waals surface area (Å²) in [4.78, 5) is 16.5. The number of hydrogen-bond acceptors (Lipinski definition) is 3. The molecule has 0 spiro atoms. The van der Waals surface area contributed by atoms with E-state index < -0.39 is 0 Å². The molecule has 0 saturated carbocycles. The van der Waals surface area contributed by atoms with Crippen molar-refractivity contribution < 1.29 is 4.79 Å². The first kappa shape index (κ1) is 15.6. The SMILES string of the molecule is CC(C)N(Cc1cccs1)C(=O)c1ccc(Br)cc1S. The second-order valence-corrected chi connectivity index (χ2v) is 7.20. The topological polar surface area (TPSA) is 20.3 Å². The van der Waals surface area contributed by atoms with Gasteiger partial charge in [-0.2, -0.15) is 0 Å². The number of thiophene rings is 1. The number of benzene rings is 1. The number of carbonyl (C=O) groups excluding carboxylic acids is 1. The lowest BCUT2D eigenvalue weighted by atomic mass is 10.1. The van der Waals surface area contributed by atoms with Crippen LogP contribution in [0, 0.1) is 0 Å². The molecule has 0 aliphatic carbocycles. The van der Waals surface area contributed by atoms with Crippen molar-refractivity contribution >= 4 is 45.8 Å². The van der Waals surface area contributed by atoms with Crippen molar-refractivity contribution in [3.8, 4) is 0 Å². The Morgan fingerprint density at radius 2 is 2.15 bits per heavy atom. The fraction of sp³-hybridized carbons (Fsp3) is 0.267. The second-order valence-electron chi connectivity index (χ2n) is 4.77. The van der Waals surface area contributed by atoms with Crippen LogP contribution >= 0.6 is 39.9 Å². The minimum atomic E-state index is 0.0194. The van der Waals surface area contributed by atoms with Gasteiger partial charge in [0.15, 0.2) is 0 Å². The Kier molecular flexibility index (Phi) is 5.29. The number of carbonyl (C=O) groups is 1. The normalized spacial score (nSPS) is 10.8. The number of hydrogen-bond donors (Lipinski definition) is 1. The molecule has 0 bridgehead atoms. The van der Waals surface area contributed by atoms with E-state index in [2.05, 4.69) is 34.6 Å². The first-order chi connectivity index (χ1) is 9.49. The molecular weight excluding hydrogens is 354 g/mol. The standard InChI is InChI=1S/C15H16BrNOS2/c1-10(2)17(9-12-4-3-7-20-12)15(18)13-6-5-11(16)8-14(13)19/h3-8,10,19H,9H2,1-2H3. The molecular formula is C15H16BrNOS2. The molecule has 5 heteroatoms. The molecule has 0 radical (unpaired) electrons. The molecule has 0 saturated heterocycles. The van der Waals surface area contributed by atoms with Crippen molar-refractivity contribution in [2.24, 2.45) is 0 Å². The molecule has 106 valence electrons. The number of nitrogens with zero attached hydrogens (tertiary/aromatic N) is 1. The summed E-state index contributed by atoms with van der Waals surface area (Å²) >= 11 is 9.46. The monoisotopic (exact) mass is 369 g/mol. The van der Waals surface area contributed by atoms with Gasteiger partial charge in [-0.1, -0.05) is 22.0 Å². The minimum Gasteiger partial charge on any atom is -0.331 e. The highest BCUT2D eigenvalue weighted by Gasteiger charge is 2.21. The lowest BCUT2D eigenvalue weighted by Crippen LogP contribution is -2.36. The van der Waals surface area contributed by atoms with E-state index in [4.69, 9.17) is 0 Å². The number of halogens is 1. The smallest absolute Gasteiger partial charge is 0.255 e. The van der Waals surface area contributed by atoms with Crippen molar-refractivity contribution in [2.45, 2.75) is 31.3 Å². The van der Waals surface area contributed by atoms with Crippen molar-refractivity contribution in [2.75, 3.05) is 0 Å². The fourth-order valence-corrected chi connectivity index (χ4v) is 3.45. The summed E-state index contributed by atoms with van der Waals surface area (Å²) in [6, 6.07) is 9.74. The lowest BCUT2D eigenvalue weighted by molar-refractivity contribution is 0.0689. The van der Waals surface area contributed by atoms with Crippen LogP contribution in [-0.4, -0.2) is 16.8 Å². The molecule has 0 aliphatic heterocycles. The molecule has 1 aromatic heterocycles. The van der Waals surface area contributed by atoms with Crippen molar-refractivity contribution in [3.63, 3.8) is 0 Å². The predicted octanol–water partition coefficient (Wildman–Crippen LogP) is 4.85. The van der Waals surface area contributed by atoms with E-state index >= 15 is 0 Å². The van der Waals surface area contributed by atoms with Gasteiger partial charge in [-0.25, -0.2) is 0 Å². The zero-order valence-electron chi connectivity index (χ0n) is 11.3. The molecule has 1 heterocycles. The van der Waals surface area contributed by atoms with E-state index in [1.807, 2.05) is 48.4 Å². The maximum Gasteiger partial charge on any atom is 0.255 e. The molecule has 2 nitrogen and oxygen atoms in total. The van der Waals surface area contributed by atoms with Crippen LogP contribution in [-0.2, 0) is 6.54 Å². The first-order valence-corrected chi connectivity index (χ1v) is 8.43. The van der Waals surface area contributed by atoms with Gasteiger partial charge in [-0.15, -0.1) is 24.0 Å². The van der Waals surface area contributed by atoms with Crippen LogP contribution in [0.25, 0.3) is 0 Å². The third-order valence-corrected chi connectivity index (χ3v) is 4.71. The van der Waals surface area contributed by atoms with Crippen LogP contribution < -0.4 is 0 Å². The van der Waals surface area contributed by atoms with Gasteiger partial charge in [0.2, 0.25) is 0 Å². The summed E-state index contributed by atoms with van der Waals surface area (Å²) in [5.74, 6) is 0.0194. The fourth-order valence-electron chi connectivity index (χ4n) is 1.90. The molecule has 0 unspecified atom stereocenters. The van der Waals surface area contributed by atoms with E-state index in [0.717, 1.165) is 4.47 Å². The zero-order chi connectivity index (χ0) is 14.7. The van der Waals surface area contributed by atoms with Crippen LogP contribution in [0.4, 0.5) is 0 Å². The summed E-state index contributed by atoms with van der Waals surface area (Å²) in [6.07, 6.45) is 0. The molecule has 0 aliphatic rings. The molecule has 1 aromatic carbocycles. The third-order valence-electron chi connectivity index (χ3n) is 2.98. The van der Waals surface area contributed by atoms with Crippen molar-refractivity contribution in [3.05, 3.63) is 50.6 Å². The summed E-state index contributed by atoms with van der Waals surface area (Å²) in [6.45, 7) is 4.70. The number of thiol groups is 1. The van der Waals surface area contributed by atoms with Gasteiger partial charge in [0, 0.05) is 20.3 Å². The van der Waals surface area contributed by atoms with Gasteiger partial charge < -0.3 is 4.90 Å². The van der Waals surface area contributed by atoms with Gasteiger partial charge >= 0.3 is 0 Å². The molecule has 2 aromatic rings. The van der Waals surface area contributed by atoms with Crippen molar-refractivity contribution in [1.29, 1.82) is 0 Å². The van der Waals surface area contributed by atoms with Gasteiger partial charge in [0.1, 0.15) is 0 Å². The van der Waals surface area contributed by atoms with Crippen LogP contribution in [0.2, 0.25) is 0 Å². The predicted molar refractivity (Wildman–Crippen MR) is 90.7 cm³/mol. The van der Waals surface area contributed by atoms with Gasteiger partial charge in [-0.05, 0) is 43.5 Å². The molecule has 20 heavy (non-hydrogen) atoms. The van der Waals surface area contributed by atoms with Crippen LogP contribution in [0.5, 0.6) is 0 Å². The largest absolute Gasteiger partial charge is 0.331 e. The average Bonchev–Trinajstić information content (AvgIpc) is 2.87. The summed E-state index contributed by atoms with van der Waals surface area (Å²) in [5, 5.41) is 2.03. The van der Waals surface area contributed by atoms with E-state index in [0.29, 0.717) is 17.0 Å². The Bertz CT molecular complexity index is 596. The quantitative estimate of drug-likeness (QED) is 0.763. The Hall–Kier alpha value is -0.780. The van der Waals surface area contributed by atoms with E-state index in [1.54, 1.807) is 11.3 Å². The zero-order valence-corrected chi connectivity index (χ0v) is 14.6. The van der Waals surface area contributed by atoms with Gasteiger partial charge in [0.05, 0.1) is 12.1 Å². The average molecular weight is 370 g/mol. The van der Waals surface area contributed by atoms with Crippen molar-refractivity contribution in [1.82, 2.24) is 4.90 Å². The number of amides is 1. The Labute approximate surface area is 137 Å². The highest BCUT2D eigenvalue weighted by atomic mass is 79.9. The lowest BCUT2D eigenvalue weighted by Gasteiger charge is -2.27. The van der Waals surface area contributed by atoms with E-state index in [-0.39, 0.29) is 11.9 Å². The van der Waals surface area contributed by atoms with E-state index in [9.17, 15) is 4.79 Å². The van der Waals surface area contributed by atoms with Crippen LogP contribution in [0.15, 0.2) is 45.1 Å².